The van der Waals surface area contributed by atoms with Crippen LogP contribution in [-0.2, 0) is 0 Å². The van der Waals surface area contributed by atoms with Crippen LogP contribution in [0.15, 0.2) is 28.0 Å². The minimum absolute atomic E-state index is 0.281. The molecule has 0 atom stereocenters. The van der Waals surface area contributed by atoms with Gasteiger partial charge in [-0.1, -0.05) is 0 Å². The summed E-state index contributed by atoms with van der Waals surface area (Å²) in [6, 6.07) is 1.61. The highest BCUT2D eigenvalue weighted by Crippen LogP contribution is 2.10. The molecule has 0 aromatic carbocycles. The molecule has 14 heavy (non-hydrogen) atoms. The van der Waals surface area contributed by atoms with Gasteiger partial charge in [0.25, 0.3) is 0 Å². The second kappa shape index (κ2) is 3.75. The van der Waals surface area contributed by atoms with Crippen molar-refractivity contribution < 1.29 is 4.79 Å². The summed E-state index contributed by atoms with van der Waals surface area (Å²) in [6.07, 6.45) is 3.39. The zero-order chi connectivity index (χ0) is 9.97. The summed E-state index contributed by atoms with van der Waals surface area (Å²) in [5.74, 6) is 0. The van der Waals surface area contributed by atoms with Crippen LogP contribution in [0, 0.1) is 0 Å². The van der Waals surface area contributed by atoms with Gasteiger partial charge < -0.3 is 5.32 Å². The second-order valence-corrected chi connectivity index (χ2v) is 3.66. The Morgan fingerprint density at radius 1 is 1.43 bits per heavy atom. The lowest BCUT2D eigenvalue weighted by Gasteiger charge is -2.13. The molecule has 0 fully saturated rings. The van der Waals surface area contributed by atoms with Crippen molar-refractivity contribution >= 4 is 27.7 Å². The van der Waals surface area contributed by atoms with Gasteiger partial charge in [0.1, 0.15) is 0 Å². The number of pyridine rings is 1. The number of aromatic nitrogens is 1. The van der Waals surface area contributed by atoms with E-state index < -0.39 is 0 Å². The fourth-order valence-corrected chi connectivity index (χ4v) is 1.46. The molecular weight excluding hydrogens is 248 g/mol. The van der Waals surface area contributed by atoms with Crippen LogP contribution in [0.3, 0.4) is 0 Å². The van der Waals surface area contributed by atoms with Gasteiger partial charge in [-0.3, -0.25) is 4.98 Å². The minimum atomic E-state index is -0.281. The summed E-state index contributed by atoms with van der Waals surface area (Å²) in [4.78, 5) is 14.8. The zero-order valence-corrected chi connectivity index (χ0v) is 8.71. The molecule has 1 aromatic heterocycles. The average Bonchev–Trinajstić information content (AvgIpc) is 2.19. The monoisotopic (exact) mass is 254 g/mol. The number of urea groups is 1. The van der Waals surface area contributed by atoms with E-state index in [-0.39, 0.29) is 6.03 Å². The Morgan fingerprint density at radius 3 is 2.93 bits per heavy atom. The molecule has 1 aliphatic rings. The van der Waals surface area contributed by atoms with Crippen molar-refractivity contribution in [3.8, 4) is 0 Å². The van der Waals surface area contributed by atoms with Gasteiger partial charge in [0, 0.05) is 22.4 Å². The van der Waals surface area contributed by atoms with Crippen molar-refractivity contribution in [2.24, 2.45) is 5.10 Å². The van der Waals surface area contributed by atoms with Crippen molar-refractivity contribution in [3.05, 3.63) is 28.5 Å². The Bertz CT molecular complexity index is 404. The molecule has 2 rings (SSSR count). The first-order chi connectivity index (χ1) is 6.75. The Labute approximate surface area is 88.7 Å². The van der Waals surface area contributed by atoms with Crippen LogP contribution in [-0.4, -0.2) is 23.3 Å². The quantitative estimate of drug-likeness (QED) is 0.781. The lowest BCUT2D eigenvalue weighted by atomic mass is 10.2. The third kappa shape index (κ3) is 1.90. The largest absolute Gasteiger partial charge is 0.335 e. The third-order valence-corrected chi connectivity index (χ3v) is 2.18. The van der Waals surface area contributed by atoms with E-state index in [2.05, 4.69) is 36.8 Å². The Hall–Kier alpha value is -1.43. The van der Waals surface area contributed by atoms with Crippen LogP contribution < -0.4 is 10.7 Å². The molecule has 0 saturated carbocycles. The molecule has 0 aliphatic carbocycles. The van der Waals surface area contributed by atoms with Crippen LogP contribution in [0.25, 0.3) is 0 Å². The number of rotatable bonds is 1. The number of nitrogens with one attached hydrogen (secondary N) is 2. The van der Waals surface area contributed by atoms with Gasteiger partial charge in [-0.25, -0.2) is 10.2 Å². The maximum absolute atomic E-state index is 10.8. The van der Waals surface area contributed by atoms with Gasteiger partial charge in [0.2, 0.25) is 0 Å². The number of hydrogen-bond donors (Lipinski definition) is 2. The Balaban J connectivity index is 2.27. The molecule has 0 radical (unpaired) electrons. The summed E-state index contributed by atoms with van der Waals surface area (Å²) in [5, 5.41) is 6.54. The molecule has 1 aromatic rings. The van der Waals surface area contributed by atoms with E-state index in [9.17, 15) is 4.79 Å². The number of amides is 2. The average molecular weight is 255 g/mol. The Kier molecular flexibility index (Phi) is 2.45. The molecule has 0 spiro atoms. The van der Waals surface area contributed by atoms with Crippen LogP contribution in [0.1, 0.15) is 5.56 Å². The van der Waals surface area contributed by atoms with E-state index in [1.807, 2.05) is 6.07 Å². The first-order valence-electron chi connectivity index (χ1n) is 3.97. The molecule has 6 heteroatoms. The number of carbonyl (C=O) groups is 1. The summed E-state index contributed by atoms with van der Waals surface area (Å²) in [6.45, 7) is 0.421. The van der Waals surface area contributed by atoms with Gasteiger partial charge in [-0.2, -0.15) is 5.10 Å². The van der Waals surface area contributed by atoms with Gasteiger partial charge in [-0.15, -0.1) is 0 Å². The smallest absolute Gasteiger partial charge is 0.331 e. The number of hydrazone groups is 1. The van der Waals surface area contributed by atoms with Crippen LogP contribution in [0.4, 0.5) is 4.79 Å². The van der Waals surface area contributed by atoms with Crippen LogP contribution >= 0.6 is 15.9 Å². The first-order valence-corrected chi connectivity index (χ1v) is 4.76. The molecule has 0 unspecified atom stereocenters. The van der Waals surface area contributed by atoms with Crippen molar-refractivity contribution in [2.75, 3.05) is 6.54 Å². The van der Waals surface area contributed by atoms with E-state index in [1.54, 1.807) is 12.4 Å². The first kappa shape index (κ1) is 9.14. The van der Waals surface area contributed by atoms with Gasteiger partial charge in [0.15, 0.2) is 0 Å². The molecule has 1 aliphatic heterocycles. The van der Waals surface area contributed by atoms with Crippen molar-refractivity contribution in [3.63, 3.8) is 0 Å². The van der Waals surface area contributed by atoms with Gasteiger partial charge >= 0.3 is 6.03 Å². The van der Waals surface area contributed by atoms with Gasteiger partial charge in [0.05, 0.1) is 12.3 Å². The van der Waals surface area contributed by atoms with Crippen molar-refractivity contribution in [1.29, 1.82) is 0 Å². The maximum atomic E-state index is 10.8. The molecule has 0 bridgehead atoms. The molecule has 0 saturated heterocycles. The van der Waals surface area contributed by atoms with Crippen LogP contribution in [0.5, 0.6) is 0 Å². The summed E-state index contributed by atoms with van der Waals surface area (Å²) >= 11 is 3.32. The fraction of sp³-hybridized carbons (Fsp3) is 0.125. The summed E-state index contributed by atoms with van der Waals surface area (Å²) < 4.78 is 0.884. The number of hydrogen-bond acceptors (Lipinski definition) is 3. The summed E-state index contributed by atoms with van der Waals surface area (Å²) in [7, 11) is 0. The predicted octanol–water partition coefficient (Wildman–Crippen LogP) is 0.861. The lowest BCUT2D eigenvalue weighted by Crippen LogP contribution is -2.42. The van der Waals surface area contributed by atoms with Crippen molar-refractivity contribution in [1.82, 2.24) is 15.7 Å². The van der Waals surface area contributed by atoms with E-state index in [0.29, 0.717) is 6.54 Å². The normalized spacial score (nSPS) is 15.5. The third-order valence-electron chi connectivity index (χ3n) is 1.75. The van der Waals surface area contributed by atoms with Crippen molar-refractivity contribution in [2.45, 2.75) is 0 Å². The second-order valence-electron chi connectivity index (χ2n) is 2.74. The van der Waals surface area contributed by atoms with Gasteiger partial charge in [-0.05, 0) is 22.0 Å². The minimum Gasteiger partial charge on any atom is -0.331 e. The Morgan fingerprint density at radius 2 is 2.29 bits per heavy atom. The molecule has 2 amide bonds. The fourth-order valence-electron chi connectivity index (χ4n) is 1.10. The van der Waals surface area contributed by atoms with E-state index >= 15 is 0 Å². The highest BCUT2D eigenvalue weighted by Gasteiger charge is 2.11. The summed E-state index contributed by atoms with van der Waals surface area (Å²) in [5.41, 5.74) is 3.99. The predicted molar refractivity (Wildman–Crippen MR) is 55.0 cm³/mol. The number of carbonyl (C=O) groups excluding carboxylic acids is 1. The topological polar surface area (TPSA) is 66.4 Å². The molecule has 2 heterocycles. The molecule has 5 nitrogen and oxygen atoms in total. The molecular formula is C8H7BrN4O. The standard InChI is InChI=1S/C8H7BrN4O/c9-6-1-5(2-10-3-6)7-4-11-8(14)13-12-7/h1-3H,4H2,(H2,11,13,14). The van der Waals surface area contributed by atoms with E-state index in [1.165, 1.54) is 0 Å². The van der Waals surface area contributed by atoms with Crippen LogP contribution in [0.2, 0.25) is 0 Å². The van der Waals surface area contributed by atoms with E-state index in [4.69, 9.17) is 0 Å². The highest BCUT2D eigenvalue weighted by atomic mass is 79.9. The SMILES string of the molecule is O=C1NCC(c2cncc(Br)c2)=NN1. The van der Waals surface area contributed by atoms with E-state index in [0.717, 1.165) is 15.7 Å². The highest BCUT2D eigenvalue weighted by molar-refractivity contribution is 9.10. The maximum Gasteiger partial charge on any atom is 0.335 e. The lowest BCUT2D eigenvalue weighted by molar-refractivity contribution is 0.241. The number of halogens is 1. The number of nitrogens with zero attached hydrogens (tertiary/aromatic N) is 2. The zero-order valence-electron chi connectivity index (χ0n) is 7.12. The molecule has 72 valence electrons. The molecule has 2 N–H and O–H groups in total.